The van der Waals surface area contributed by atoms with Gasteiger partial charge in [0.05, 0.1) is 18.4 Å². The number of hydrogen-bond acceptors (Lipinski definition) is 3. The molecule has 0 spiro atoms. The average molecular weight is 342 g/mol. The maximum Gasteiger partial charge on any atom is 0.258 e. The Hall–Kier alpha value is -3.53. The van der Waals surface area contributed by atoms with Crippen LogP contribution in [0, 0.1) is 0 Å². The van der Waals surface area contributed by atoms with E-state index < -0.39 is 0 Å². The summed E-state index contributed by atoms with van der Waals surface area (Å²) in [4.78, 5) is 12.7. The lowest BCUT2D eigenvalue weighted by molar-refractivity contribution is -0.110. The number of benzene rings is 3. The second-order valence-corrected chi connectivity index (χ2v) is 5.97. The van der Waals surface area contributed by atoms with Crippen molar-refractivity contribution in [1.82, 2.24) is 0 Å². The van der Waals surface area contributed by atoms with Gasteiger partial charge in [0, 0.05) is 16.9 Å². The lowest BCUT2D eigenvalue weighted by Crippen LogP contribution is -2.10. The van der Waals surface area contributed by atoms with Gasteiger partial charge in [0.1, 0.15) is 5.75 Å². The van der Waals surface area contributed by atoms with E-state index in [4.69, 9.17) is 4.74 Å². The van der Waals surface area contributed by atoms with Crippen molar-refractivity contribution < 1.29 is 9.53 Å². The molecule has 0 atom stereocenters. The molecule has 1 aliphatic rings. The van der Waals surface area contributed by atoms with Gasteiger partial charge in [0.2, 0.25) is 0 Å². The number of nitrogens with one attached hydrogen (secondary N) is 2. The smallest absolute Gasteiger partial charge is 0.258 e. The summed E-state index contributed by atoms with van der Waals surface area (Å²) < 4.78 is 5.22. The van der Waals surface area contributed by atoms with Gasteiger partial charge in [-0.25, -0.2) is 0 Å². The molecule has 1 amide bonds. The number of methoxy groups -OCH3 is 1. The highest BCUT2D eigenvalue weighted by Gasteiger charge is 2.27. The summed E-state index contributed by atoms with van der Waals surface area (Å²) in [6, 6.07) is 25.2. The molecule has 128 valence electrons. The van der Waals surface area contributed by atoms with E-state index in [0.29, 0.717) is 5.57 Å². The van der Waals surface area contributed by atoms with E-state index >= 15 is 0 Å². The SMILES string of the molecule is COc1ccc(NC(=C2C(=O)Nc3ccccc32)c2ccccc2)cc1. The molecule has 26 heavy (non-hydrogen) atoms. The molecule has 0 aliphatic carbocycles. The van der Waals surface area contributed by atoms with Crippen LogP contribution in [0.25, 0.3) is 11.3 Å². The fraction of sp³-hybridized carbons (Fsp3) is 0.0455. The number of fused-ring (bicyclic) bond motifs is 1. The first-order valence-corrected chi connectivity index (χ1v) is 8.38. The summed E-state index contributed by atoms with van der Waals surface area (Å²) in [7, 11) is 1.64. The van der Waals surface area contributed by atoms with Crippen molar-refractivity contribution in [2.75, 3.05) is 17.7 Å². The van der Waals surface area contributed by atoms with E-state index in [0.717, 1.165) is 33.9 Å². The van der Waals surface area contributed by atoms with Crippen LogP contribution >= 0.6 is 0 Å². The lowest BCUT2D eigenvalue weighted by Gasteiger charge is -2.15. The highest BCUT2D eigenvalue weighted by atomic mass is 16.5. The fourth-order valence-electron chi connectivity index (χ4n) is 3.07. The first-order valence-electron chi connectivity index (χ1n) is 8.38. The van der Waals surface area contributed by atoms with Crippen molar-refractivity contribution in [1.29, 1.82) is 0 Å². The molecular formula is C22H18N2O2. The molecule has 0 saturated heterocycles. The molecule has 0 aromatic heterocycles. The van der Waals surface area contributed by atoms with E-state index in [-0.39, 0.29) is 5.91 Å². The monoisotopic (exact) mass is 342 g/mol. The standard InChI is InChI=1S/C22H18N2O2/c1-26-17-13-11-16(12-14-17)23-21(15-7-3-2-4-8-15)20-18-9-5-6-10-19(18)24-22(20)25/h2-14,23H,1H3,(H,24,25). The predicted octanol–water partition coefficient (Wildman–Crippen LogP) is 4.63. The first-order chi connectivity index (χ1) is 12.8. The molecule has 4 nitrogen and oxygen atoms in total. The second-order valence-electron chi connectivity index (χ2n) is 5.97. The van der Waals surface area contributed by atoms with Crippen molar-refractivity contribution >= 4 is 28.6 Å². The average Bonchev–Trinajstić information content (AvgIpc) is 3.03. The molecule has 3 aromatic rings. The number of carbonyl (C=O) groups excluding carboxylic acids is 1. The molecule has 4 heteroatoms. The van der Waals surface area contributed by atoms with Gasteiger partial charge in [0.25, 0.3) is 5.91 Å². The lowest BCUT2D eigenvalue weighted by atomic mass is 10.00. The van der Waals surface area contributed by atoms with Crippen molar-refractivity contribution in [2.24, 2.45) is 0 Å². The molecule has 3 aromatic carbocycles. The first kappa shape index (κ1) is 16.0. The van der Waals surface area contributed by atoms with Crippen LogP contribution in [-0.4, -0.2) is 13.0 Å². The third kappa shape index (κ3) is 2.93. The van der Waals surface area contributed by atoms with Crippen LogP contribution in [0.4, 0.5) is 11.4 Å². The molecule has 1 heterocycles. The summed E-state index contributed by atoms with van der Waals surface area (Å²) >= 11 is 0. The zero-order valence-corrected chi connectivity index (χ0v) is 14.3. The minimum absolute atomic E-state index is 0.105. The van der Waals surface area contributed by atoms with Gasteiger partial charge in [-0.3, -0.25) is 4.79 Å². The Kier molecular flexibility index (Phi) is 4.15. The molecular weight excluding hydrogens is 324 g/mol. The van der Waals surface area contributed by atoms with E-state index in [2.05, 4.69) is 10.6 Å². The third-order valence-electron chi connectivity index (χ3n) is 4.34. The summed E-state index contributed by atoms with van der Waals surface area (Å²) in [5.74, 6) is 0.680. The minimum Gasteiger partial charge on any atom is -0.497 e. The van der Waals surface area contributed by atoms with Gasteiger partial charge in [-0.05, 0) is 35.9 Å². The zero-order chi connectivity index (χ0) is 17.9. The molecule has 0 radical (unpaired) electrons. The Morgan fingerprint density at radius 2 is 1.58 bits per heavy atom. The Labute approximate surface area is 152 Å². The normalized spacial score (nSPS) is 14.4. The predicted molar refractivity (Wildman–Crippen MR) is 105 cm³/mol. The molecule has 0 unspecified atom stereocenters. The molecule has 2 N–H and O–H groups in total. The maximum absolute atomic E-state index is 12.7. The number of anilines is 2. The number of amides is 1. The van der Waals surface area contributed by atoms with E-state index in [1.54, 1.807) is 7.11 Å². The minimum atomic E-state index is -0.105. The van der Waals surface area contributed by atoms with Gasteiger partial charge in [-0.15, -0.1) is 0 Å². The zero-order valence-electron chi connectivity index (χ0n) is 14.3. The molecule has 0 bridgehead atoms. The van der Waals surface area contributed by atoms with Crippen molar-refractivity contribution in [3.63, 3.8) is 0 Å². The third-order valence-corrected chi connectivity index (χ3v) is 4.34. The second kappa shape index (κ2) is 6.76. The summed E-state index contributed by atoms with van der Waals surface area (Å²) in [5.41, 5.74) is 4.98. The highest BCUT2D eigenvalue weighted by molar-refractivity contribution is 6.37. The van der Waals surface area contributed by atoms with Crippen LogP contribution in [0.1, 0.15) is 11.1 Å². The van der Waals surface area contributed by atoms with Gasteiger partial charge < -0.3 is 15.4 Å². The van der Waals surface area contributed by atoms with Crippen LogP contribution in [0.5, 0.6) is 5.75 Å². The highest BCUT2D eigenvalue weighted by Crippen LogP contribution is 2.37. The number of hydrogen-bond donors (Lipinski definition) is 2. The topological polar surface area (TPSA) is 50.4 Å². The summed E-state index contributed by atoms with van der Waals surface area (Å²) in [5, 5.41) is 6.37. The number of ether oxygens (including phenoxy) is 1. The Bertz CT molecular complexity index is 977. The fourth-order valence-corrected chi connectivity index (χ4v) is 3.07. The van der Waals surface area contributed by atoms with Gasteiger partial charge in [-0.1, -0.05) is 48.5 Å². The maximum atomic E-state index is 12.7. The molecule has 0 saturated carbocycles. The van der Waals surface area contributed by atoms with Crippen LogP contribution in [0.2, 0.25) is 0 Å². The van der Waals surface area contributed by atoms with Gasteiger partial charge in [0.15, 0.2) is 0 Å². The quantitative estimate of drug-likeness (QED) is 0.680. The van der Waals surface area contributed by atoms with Crippen LogP contribution < -0.4 is 15.4 Å². The van der Waals surface area contributed by atoms with Crippen LogP contribution in [0.3, 0.4) is 0 Å². The van der Waals surface area contributed by atoms with E-state index in [9.17, 15) is 4.79 Å². The van der Waals surface area contributed by atoms with Crippen LogP contribution in [-0.2, 0) is 4.79 Å². The molecule has 4 rings (SSSR count). The van der Waals surface area contributed by atoms with E-state index in [1.165, 1.54) is 0 Å². The number of rotatable bonds is 4. The largest absolute Gasteiger partial charge is 0.497 e. The van der Waals surface area contributed by atoms with Gasteiger partial charge in [-0.2, -0.15) is 0 Å². The Morgan fingerprint density at radius 3 is 2.31 bits per heavy atom. The van der Waals surface area contributed by atoms with E-state index in [1.807, 2.05) is 78.9 Å². The number of para-hydroxylation sites is 1. The van der Waals surface area contributed by atoms with Crippen molar-refractivity contribution in [3.05, 3.63) is 90.0 Å². The van der Waals surface area contributed by atoms with Crippen molar-refractivity contribution in [3.8, 4) is 5.75 Å². The van der Waals surface area contributed by atoms with Gasteiger partial charge >= 0.3 is 0 Å². The Balaban J connectivity index is 1.85. The van der Waals surface area contributed by atoms with Crippen molar-refractivity contribution in [2.45, 2.75) is 0 Å². The molecule has 0 fully saturated rings. The Morgan fingerprint density at radius 1 is 0.885 bits per heavy atom. The summed E-state index contributed by atoms with van der Waals surface area (Å²) in [6.45, 7) is 0. The molecule has 1 aliphatic heterocycles. The van der Waals surface area contributed by atoms with Crippen LogP contribution in [0.15, 0.2) is 78.9 Å². The number of carbonyl (C=O) groups is 1. The summed E-state index contributed by atoms with van der Waals surface area (Å²) in [6.07, 6.45) is 0.